The molecule has 1 amide bonds. The minimum Gasteiger partial charge on any atom is -0.459 e. The quantitative estimate of drug-likeness (QED) is 0.817. The van der Waals surface area contributed by atoms with Gasteiger partial charge in [0.2, 0.25) is 0 Å². The zero-order chi connectivity index (χ0) is 12.8. The molecule has 1 aromatic heterocycles. The molecule has 0 aliphatic carbocycles. The van der Waals surface area contributed by atoms with E-state index in [9.17, 15) is 4.79 Å². The van der Waals surface area contributed by atoms with Crippen LogP contribution in [0.5, 0.6) is 0 Å². The van der Waals surface area contributed by atoms with Crippen molar-refractivity contribution in [3.8, 4) is 0 Å². The molecule has 0 aromatic carbocycles. The molecule has 1 N–H and O–H groups in total. The van der Waals surface area contributed by atoms with Crippen LogP contribution in [0, 0.1) is 12.8 Å². The van der Waals surface area contributed by atoms with Crippen molar-refractivity contribution in [3.05, 3.63) is 23.7 Å². The molecule has 0 saturated carbocycles. The maximum atomic E-state index is 11.8. The fourth-order valence-corrected chi connectivity index (χ4v) is 2.75. The molecule has 3 nitrogen and oxygen atoms in total. The highest BCUT2D eigenvalue weighted by Gasteiger charge is 2.18. The van der Waals surface area contributed by atoms with Gasteiger partial charge in [0.1, 0.15) is 0 Å². The summed E-state index contributed by atoms with van der Waals surface area (Å²) in [5.74, 6) is 0.866. The van der Waals surface area contributed by atoms with Crippen molar-refractivity contribution in [2.24, 2.45) is 5.92 Å². The van der Waals surface area contributed by atoms with E-state index in [2.05, 4.69) is 35.1 Å². The van der Waals surface area contributed by atoms with Gasteiger partial charge >= 0.3 is 0 Å². The van der Waals surface area contributed by atoms with E-state index >= 15 is 0 Å². The highest BCUT2D eigenvalue weighted by Crippen LogP contribution is 2.19. The number of rotatable bonds is 6. The van der Waals surface area contributed by atoms with E-state index in [0.29, 0.717) is 23.1 Å². The Balaban J connectivity index is 2.46. The number of nitrogens with one attached hydrogen (secondary N) is 1. The SMILES string of the molecule is CCC(CC)C(Br)CNC(=O)c1occc1C. The highest BCUT2D eigenvalue weighted by atomic mass is 79.9. The van der Waals surface area contributed by atoms with Gasteiger partial charge in [-0.05, 0) is 18.9 Å². The molecule has 1 heterocycles. The molecule has 0 saturated heterocycles. The second-order valence-corrected chi connectivity index (χ2v) is 5.41. The lowest BCUT2D eigenvalue weighted by molar-refractivity contribution is 0.0923. The first-order valence-electron chi connectivity index (χ1n) is 6.06. The Bertz CT molecular complexity index is 358. The number of amides is 1. The lowest BCUT2D eigenvalue weighted by Crippen LogP contribution is -2.33. The second-order valence-electron chi connectivity index (χ2n) is 4.24. The van der Waals surface area contributed by atoms with Crippen molar-refractivity contribution >= 4 is 21.8 Å². The van der Waals surface area contributed by atoms with Crippen molar-refractivity contribution < 1.29 is 9.21 Å². The Morgan fingerprint density at radius 1 is 1.47 bits per heavy atom. The molecule has 4 heteroatoms. The van der Waals surface area contributed by atoms with E-state index in [1.165, 1.54) is 6.26 Å². The van der Waals surface area contributed by atoms with Crippen LogP contribution < -0.4 is 5.32 Å². The first kappa shape index (κ1) is 14.3. The molecular weight excluding hydrogens is 282 g/mol. The van der Waals surface area contributed by atoms with Crippen LogP contribution in [0.25, 0.3) is 0 Å². The topological polar surface area (TPSA) is 42.2 Å². The summed E-state index contributed by atoms with van der Waals surface area (Å²) in [5.41, 5.74) is 0.871. The fraction of sp³-hybridized carbons (Fsp3) is 0.615. The Labute approximate surface area is 111 Å². The number of hydrogen-bond acceptors (Lipinski definition) is 2. The molecule has 1 atom stereocenters. The Kier molecular flexibility index (Phi) is 5.75. The van der Waals surface area contributed by atoms with E-state index < -0.39 is 0 Å². The number of alkyl halides is 1. The van der Waals surface area contributed by atoms with Gasteiger partial charge in [0.15, 0.2) is 5.76 Å². The summed E-state index contributed by atoms with van der Waals surface area (Å²) >= 11 is 3.63. The molecule has 0 aliphatic heterocycles. The van der Waals surface area contributed by atoms with Gasteiger partial charge in [-0.25, -0.2) is 0 Å². The van der Waals surface area contributed by atoms with Crippen molar-refractivity contribution in [1.29, 1.82) is 0 Å². The summed E-state index contributed by atoms with van der Waals surface area (Å²) in [6.07, 6.45) is 3.76. The van der Waals surface area contributed by atoms with Gasteiger partial charge in [-0.15, -0.1) is 0 Å². The second kappa shape index (κ2) is 6.84. The van der Waals surface area contributed by atoms with E-state index in [1.54, 1.807) is 6.07 Å². The number of carbonyl (C=O) groups is 1. The Morgan fingerprint density at radius 3 is 2.59 bits per heavy atom. The Morgan fingerprint density at radius 2 is 2.12 bits per heavy atom. The van der Waals surface area contributed by atoms with Gasteiger partial charge < -0.3 is 9.73 Å². The maximum Gasteiger partial charge on any atom is 0.287 e. The van der Waals surface area contributed by atoms with Gasteiger partial charge in [-0.1, -0.05) is 42.6 Å². The molecular formula is C13H20BrNO2. The summed E-state index contributed by atoms with van der Waals surface area (Å²) < 4.78 is 5.14. The number of hydrogen-bond donors (Lipinski definition) is 1. The highest BCUT2D eigenvalue weighted by molar-refractivity contribution is 9.09. The Hall–Kier alpha value is -0.770. The summed E-state index contributed by atoms with van der Waals surface area (Å²) in [7, 11) is 0. The molecule has 0 fully saturated rings. The molecule has 0 aliphatic rings. The summed E-state index contributed by atoms with van der Waals surface area (Å²) in [6.45, 7) is 6.83. The van der Waals surface area contributed by atoms with Crippen LogP contribution in [0.1, 0.15) is 42.8 Å². The lowest BCUT2D eigenvalue weighted by atomic mass is 9.99. The molecule has 96 valence electrons. The molecule has 1 rings (SSSR count). The van der Waals surface area contributed by atoms with E-state index in [1.807, 2.05) is 6.92 Å². The summed E-state index contributed by atoms with van der Waals surface area (Å²) in [4.78, 5) is 12.1. The standard InChI is InChI=1S/C13H20BrNO2/c1-4-10(5-2)11(14)8-15-13(16)12-9(3)6-7-17-12/h6-7,10-11H,4-5,8H2,1-3H3,(H,15,16). The van der Waals surface area contributed by atoms with Gasteiger partial charge in [-0.3, -0.25) is 4.79 Å². The fourth-order valence-electron chi connectivity index (χ4n) is 1.84. The molecule has 1 unspecified atom stereocenters. The van der Waals surface area contributed by atoms with Gasteiger partial charge in [-0.2, -0.15) is 0 Å². The number of aryl methyl sites for hydroxylation is 1. The van der Waals surface area contributed by atoms with Gasteiger partial charge in [0, 0.05) is 16.9 Å². The molecule has 17 heavy (non-hydrogen) atoms. The van der Waals surface area contributed by atoms with Crippen molar-refractivity contribution in [2.45, 2.75) is 38.4 Å². The summed E-state index contributed by atoms with van der Waals surface area (Å²) in [5, 5.41) is 2.90. The molecule has 0 radical (unpaired) electrons. The van der Waals surface area contributed by atoms with Crippen LogP contribution in [0.3, 0.4) is 0 Å². The van der Waals surface area contributed by atoms with Crippen LogP contribution in [0.2, 0.25) is 0 Å². The van der Waals surface area contributed by atoms with Crippen molar-refractivity contribution in [3.63, 3.8) is 0 Å². The van der Waals surface area contributed by atoms with E-state index in [0.717, 1.165) is 18.4 Å². The maximum absolute atomic E-state index is 11.8. The first-order valence-corrected chi connectivity index (χ1v) is 6.98. The molecule has 0 spiro atoms. The van der Waals surface area contributed by atoms with Gasteiger partial charge in [0.25, 0.3) is 5.91 Å². The van der Waals surface area contributed by atoms with Crippen LogP contribution in [0.15, 0.2) is 16.7 Å². The van der Waals surface area contributed by atoms with Gasteiger partial charge in [0.05, 0.1) is 6.26 Å². The lowest BCUT2D eigenvalue weighted by Gasteiger charge is -2.19. The zero-order valence-corrected chi connectivity index (χ0v) is 12.2. The van der Waals surface area contributed by atoms with E-state index in [-0.39, 0.29) is 5.91 Å². The predicted molar refractivity (Wildman–Crippen MR) is 72.6 cm³/mol. The minimum atomic E-state index is -0.136. The van der Waals surface area contributed by atoms with Crippen molar-refractivity contribution in [2.75, 3.05) is 6.54 Å². The number of halogens is 1. The first-order chi connectivity index (χ1) is 8.10. The minimum absolute atomic E-state index is 0.136. The third kappa shape index (κ3) is 3.87. The molecule has 0 bridgehead atoms. The number of furan rings is 1. The smallest absolute Gasteiger partial charge is 0.287 e. The zero-order valence-electron chi connectivity index (χ0n) is 10.6. The third-order valence-electron chi connectivity index (χ3n) is 3.09. The normalized spacial score (nSPS) is 12.8. The van der Waals surface area contributed by atoms with Crippen LogP contribution in [-0.2, 0) is 0 Å². The average Bonchev–Trinajstić information content (AvgIpc) is 2.74. The largest absolute Gasteiger partial charge is 0.459 e. The predicted octanol–water partition coefficient (Wildman–Crippen LogP) is 3.52. The number of carbonyl (C=O) groups excluding carboxylic acids is 1. The third-order valence-corrected chi connectivity index (χ3v) is 4.16. The average molecular weight is 302 g/mol. The summed E-state index contributed by atoms with van der Waals surface area (Å²) in [6, 6.07) is 1.79. The van der Waals surface area contributed by atoms with Crippen LogP contribution in [0.4, 0.5) is 0 Å². The monoisotopic (exact) mass is 301 g/mol. The van der Waals surface area contributed by atoms with E-state index in [4.69, 9.17) is 4.42 Å². The van der Waals surface area contributed by atoms with Crippen LogP contribution >= 0.6 is 15.9 Å². The van der Waals surface area contributed by atoms with Crippen molar-refractivity contribution in [1.82, 2.24) is 5.32 Å². The molecule has 1 aromatic rings. The van der Waals surface area contributed by atoms with Crippen LogP contribution in [-0.4, -0.2) is 17.3 Å².